The normalized spacial score (nSPS) is 10.1. The molecule has 0 spiro atoms. The van der Waals surface area contributed by atoms with Crippen LogP contribution in [0.25, 0.3) is 0 Å². The lowest BCUT2D eigenvalue weighted by Crippen LogP contribution is -1.87. The Kier molecular flexibility index (Phi) is 4.10. The van der Waals surface area contributed by atoms with Crippen LogP contribution in [-0.2, 0) is 0 Å². The molecule has 3 nitrogen and oxygen atoms in total. The van der Waals surface area contributed by atoms with Crippen LogP contribution in [0, 0.1) is 0 Å². The highest BCUT2D eigenvalue weighted by molar-refractivity contribution is 6.49. The smallest absolute Gasteiger partial charge is 0.235 e. The van der Waals surface area contributed by atoms with Gasteiger partial charge in [-0.2, -0.15) is 0 Å². The molecule has 1 N–H and O–H groups in total. The molecule has 1 aromatic rings. The van der Waals surface area contributed by atoms with Gasteiger partial charge in [0.25, 0.3) is 0 Å². The monoisotopic (exact) mass is 296 g/mol. The van der Waals surface area contributed by atoms with Crippen molar-refractivity contribution in [2.45, 2.75) is 0 Å². The Morgan fingerprint density at radius 1 is 0.786 bits per heavy atom. The maximum absolute atomic E-state index is 9.39. The van der Waals surface area contributed by atoms with Gasteiger partial charge >= 0.3 is 0 Å². The van der Waals surface area contributed by atoms with Crippen molar-refractivity contribution < 1.29 is 13.7 Å². The molecular formula is C6HCl5O3. The zero-order valence-electron chi connectivity index (χ0n) is 6.15. The van der Waals surface area contributed by atoms with Crippen molar-refractivity contribution in [1.29, 1.82) is 0 Å². The summed E-state index contributed by atoms with van der Waals surface area (Å²) in [6, 6.07) is 0. The van der Waals surface area contributed by atoms with Crippen LogP contribution in [0.15, 0.2) is 0 Å². The number of aromatic hydroxyl groups is 1. The molecule has 0 atom stereocenters. The maximum Gasteiger partial charge on any atom is 0.235 e. The Labute approximate surface area is 104 Å². The molecule has 14 heavy (non-hydrogen) atoms. The maximum atomic E-state index is 9.39. The molecule has 0 fully saturated rings. The molecule has 0 aliphatic rings. The third-order valence-electron chi connectivity index (χ3n) is 1.37. The van der Waals surface area contributed by atoms with E-state index < -0.39 is 5.75 Å². The van der Waals surface area contributed by atoms with Crippen molar-refractivity contribution in [3.05, 3.63) is 15.1 Å². The van der Waals surface area contributed by atoms with Crippen LogP contribution in [0.1, 0.15) is 0 Å². The van der Waals surface area contributed by atoms with Gasteiger partial charge in [0.2, 0.25) is 11.5 Å². The number of rotatable bonds is 2. The van der Waals surface area contributed by atoms with Gasteiger partial charge in [-0.15, -0.1) is 0 Å². The Bertz CT molecular complexity index is 332. The fourth-order valence-electron chi connectivity index (χ4n) is 0.747. The predicted molar refractivity (Wildman–Crippen MR) is 56.1 cm³/mol. The zero-order valence-corrected chi connectivity index (χ0v) is 9.93. The van der Waals surface area contributed by atoms with Crippen LogP contribution in [0.4, 0.5) is 0 Å². The number of phenolic OH excluding ortho intramolecular Hbond substituents is 1. The molecular weight excluding hydrogens is 297 g/mol. The molecule has 0 saturated carbocycles. The Hall–Kier alpha value is 0.0700. The van der Waals surface area contributed by atoms with Crippen molar-refractivity contribution in [3.8, 4) is 17.2 Å². The van der Waals surface area contributed by atoms with E-state index in [1.807, 2.05) is 0 Å². The SMILES string of the molecule is Oc1c(Cl)c(Cl)c(Cl)c(OCl)c1OCl. The topological polar surface area (TPSA) is 38.7 Å². The summed E-state index contributed by atoms with van der Waals surface area (Å²) in [5.74, 6) is -1.02. The molecule has 0 saturated heterocycles. The number of hydrogen-bond donors (Lipinski definition) is 1. The standard InChI is InChI=1S/C6HCl5O3/c7-1-2(8)4(12)6(14-11)5(13-10)3(1)9/h12H. The average molecular weight is 298 g/mol. The van der Waals surface area contributed by atoms with E-state index in [-0.39, 0.29) is 26.6 Å². The first-order valence-corrected chi connectivity index (χ1v) is 4.76. The van der Waals surface area contributed by atoms with Gasteiger partial charge in [-0.3, -0.25) is 0 Å². The summed E-state index contributed by atoms with van der Waals surface area (Å²) < 4.78 is 8.58. The minimum absolute atomic E-state index is 0.111. The summed E-state index contributed by atoms with van der Waals surface area (Å²) in [5.41, 5.74) is 0. The van der Waals surface area contributed by atoms with Crippen molar-refractivity contribution in [2.24, 2.45) is 0 Å². The first-order valence-electron chi connectivity index (χ1n) is 3.01. The van der Waals surface area contributed by atoms with E-state index in [4.69, 9.17) is 58.5 Å². The molecule has 0 heterocycles. The first kappa shape index (κ1) is 12.1. The van der Waals surface area contributed by atoms with Crippen molar-refractivity contribution in [2.75, 3.05) is 0 Å². The molecule has 1 rings (SSSR count). The van der Waals surface area contributed by atoms with Gasteiger partial charge in [-0.05, 0) is 0 Å². The van der Waals surface area contributed by atoms with Crippen LogP contribution in [-0.4, -0.2) is 5.11 Å². The van der Waals surface area contributed by atoms with Gasteiger partial charge in [-0.1, -0.05) is 34.8 Å². The van der Waals surface area contributed by atoms with E-state index in [1.54, 1.807) is 0 Å². The molecule has 0 radical (unpaired) electrons. The van der Waals surface area contributed by atoms with Gasteiger partial charge in [0, 0.05) is 0 Å². The van der Waals surface area contributed by atoms with Crippen molar-refractivity contribution >= 4 is 58.5 Å². The molecule has 0 aromatic heterocycles. The first-order chi connectivity index (χ1) is 6.54. The molecule has 0 unspecified atom stereocenters. The van der Waals surface area contributed by atoms with Crippen LogP contribution < -0.4 is 8.58 Å². The summed E-state index contributed by atoms with van der Waals surface area (Å²) in [4.78, 5) is 0. The Morgan fingerprint density at radius 2 is 1.29 bits per heavy atom. The molecule has 0 bridgehead atoms. The summed E-state index contributed by atoms with van der Waals surface area (Å²) in [6.45, 7) is 0. The second-order valence-corrected chi connectivity index (χ2v) is 3.55. The molecule has 8 heteroatoms. The fraction of sp³-hybridized carbons (Fsp3) is 0. The number of hydrogen-bond acceptors (Lipinski definition) is 3. The van der Waals surface area contributed by atoms with Crippen molar-refractivity contribution in [1.82, 2.24) is 0 Å². The molecule has 0 aliphatic heterocycles. The van der Waals surface area contributed by atoms with Gasteiger partial charge < -0.3 is 13.7 Å². The Morgan fingerprint density at radius 3 is 1.71 bits per heavy atom. The van der Waals surface area contributed by atoms with E-state index in [9.17, 15) is 5.11 Å². The lowest BCUT2D eigenvalue weighted by Gasteiger charge is -2.10. The minimum atomic E-state index is -0.508. The zero-order chi connectivity index (χ0) is 10.9. The van der Waals surface area contributed by atoms with Crippen molar-refractivity contribution in [3.63, 3.8) is 0 Å². The number of benzene rings is 1. The average Bonchev–Trinajstić information content (AvgIpc) is 2.20. The highest BCUT2D eigenvalue weighted by Gasteiger charge is 2.24. The summed E-state index contributed by atoms with van der Waals surface area (Å²) in [5, 5.41) is 8.96. The van der Waals surface area contributed by atoms with Crippen LogP contribution in [0.3, 0.4) is 0 Å². The van der Waals surface area contributed by atoms with E-state index in [1.165, 1.54) is 0 Å². The molecule has 78 valence electrons. The molecule has 0 amide bonds. The number of phenols is 1. The lowest BCUT2D eigenvalue weighted by molar-refractivity contribution is 0.436. The molecule has 1 aromatic carbocycles. The summed E-state index contributed by atoms with van der Waals surface area (Å²) in [6.07, 6.45) is 0. The fourth-order valence-corrected chi connectivity index (χ4v) is 1.70. The summed E-state index contributed by atoms with van der Waals surface area (Å²) in [7, 11) is 0. The minimum Gasteiger partial charge on any atom is -0.503 e. The van der Waals surface area contributed by atoms with Gasteiger partial charge in [0.15, 0.2) is 5.75 Å². The Balaban J connectivity index is 3.57. The van der Waals surface area contributed by atoms with Gasteiger partial charge in [-0.25, -0.2) is 0 Å². The third kappa shape index (κ3) is 1.88. The van der Waals surface area contributed by atoms with E-state index in [0.29, 0.717) is 0 Å². The quantitative estimate of drug-likeness (QED) is 0.822. The number of halogens is 5. The second-order valence-electron chi connectivity index (χ2n) is 2.10. The third-order valence-corrected chi connectivity index (χ3v) is 2.98. The largest absolute Gasteiger partial charge is 0.503 e. The highest BCUT2D eigenvalue weighted by atomic mass is 35.5. The second kappa shape index (κ2) is 4.73. The van der Waals surface area contributed by atoms with Crippen LogP contribution in [0.2, 0.25) is 15.1 Å². The van der Waals surface area contributed by atoms with E-state index >= 15 is 0 Å². The lowest BCUT2D eigenvalue weighted by atomic mass is 10.3. The van der Waals surface area contributed by atoms with E-state index in [2.05, 4.69) is 8.58 Å². The summed E-state index contributed by atoms with van der Waals surface area (Å²) >= 11 is 27.0. The van der Waals surface area contributed by atoms with E-state index in [0.717, 1.165) is 0 Å². The predicted octanol–water partition coefficient (Wildman–Crippen LogP) is 4.42. The van der Waals surface area contributed by atoms with Crippen LogP contribution >= 0.6 is 58.5 Å². The van der Waals surface area contributed by atoms with Gasteiger partial charge in [0.05, 0.1) is 5.02 Å². The molecule has 0 aliphatic carbocycles. The van der Waals surface area contributed by atoms with Crippen LogP contribution in [0.5, 0.6) is 17.2 Å². The van der Waals surface area contributed by atoms with Gasteiger partial charge in [0.1, 0.15) is 33.8 Å². The highest BCUT2D eigenvalue weighted by Crippen LogP contribution is 2.52.